The van der Waals surface area contributed by atoms with E-state index in [-0.39, 0.29) is 0 Å². The van der Waals surface area contributed by atoms with Gasteiger partial charge >= 0.3 is 5.97 Å². The Bertz CT molecular complexity index is 730. The van der Waals surface area contributed by atoms with Gasteiger partial charge in [-0.2, -0.15) is 0 Å². The smallest absolute Gasteiger partial charge is 0.335 e. The zero-order chi connectivity index (χ0) is 22.9. The van der Waals surface area contributed by atoms with Crippen LogP contribution in [0.25, 0.3) is 11.1 Å². The van der Waals surface area contributed by atoms with Gasteiger partial charge in [-0.05, 0) is 41.7 Å². The third-order valence-electron chi connectivity index (χ3n) is 6.49. The van der Waals surface area contributed by atoms with E-state index in [1.54, 1.807) is 12.1 Å². The Labute approximate surface area is 196 Å². The van der Waals surface area contributed by atoms with Gasteiger partial charge in [0.1, 0.15) is 0 Å². The molecule has 1 N–H and O–H groups in total. The van der Waals surface area contributed by atoms with E-state index in [2.05, 4.69) is 31.2 Å². The second-order valence-corrected chi connectivity index (χ2v) is 9.28. The lowest BCUT2D eigenvalue weighted by molar-refractivity contribution is 0.0697. The molecule has 2 rings (SSSR count). The van der Waals surface area contributed by atoms with Crippen LogP contribution in [0.4, 0.5) is 0 Å². The molecule has 0 radical (unpaired) electrons. The fraction of sp³-hybridized carbons (Fsp3) is 0.567. The number of unbranched alkanes of at least 4 members (excludes halogenated alkanes) is 14. The minimum atomic E-state index is -0.879. The number of carboxylic acids is 1. The maximum Gasteiger partial charge on any atom is 0.335 e. The number of hydrogen-bond acceptors (Lipinski definition) is 1. The topological polar surface area (TPSA) is 37.3 Å². The predicted molar refractivity (Wildman–Crippen MR) is 137 cm³/mol. The van der Waals surface area contributed by atoms with E-state index in [0.717, 1.165) is 17.5 Å². The van der Waals surface area contributed by atoms with Gasteiger partial charge in [0.15, 0.2) is 0 Å². The highest BCUT2D eigenvalue weighted by Crippen LogP contribution is 2.21. The van der Waals surface area contributed by atoms with Crippen molar-refractivity contribution in [2.45, 2.75) is 110 Å². The molecular formula is C30H44O2. The fourth-order valence-corrected chi connectivity index (χ4v) is 4.37. The maximum atomic E-state index is 11.0. The van der Waals surface area contributed by atoms with Gasteiger partial charge in [0.05, 0.1) is 5.56 Å². The second kappa shape index (κ2) is 16.5. The first-order valence-electron chi connectivity index (χ1n) is 13.1. The Morgan fingerprint density at radius 2 is 0.938 bits per heavy atom. The molecule has 2 heteroatoms. The van der Waals surface area contributed by atoms with Crippen molar-refractivity contribution >= 4 is 5.97 Å². The summed E-state index contributed by atoms with van der Waals surface area (Å²) in [6.45, 7) is 2.29. The van der Waals surface area contributed by atoms with Crippen molar-refractivity contribution in [3.8, 4) is 11.1 Å². The summed E-state index contributed by atoms with van der Waals surface area (Å²) in [5, 5.41) is 9.01. The summed E-state index contributed by atoms with van der Waals surface area (Å²) in [5.41, 5.74) is 3.93. The van der Waals surface area contributed by atoms with Crippen LogP contribution >= 0.6 is 0 Å². The highest BCUT2D eigenvalue weighted by Gasteiger charge is 2.03. The molecule has 0 unspecified atom stereocenters. The molecule has 2 aromatic rings. The van der Waals surface area contributed by atoms with Crippen molar-refractivity contribution in [1.29, 1.82) is 0 Å². The zero-order valence-corrected chi connectivity index (χ0v) is 20.3. The molecule has 0 fully saturated rings. The Hall–Kier alpha value is -2.09. The van der Waals surface area contributed by atoms with Gasteiger partial charge < -0.3 is 5.11 Å². The molecule has 0 aliphatic carbocycles. The van der Waals surface area contributed by atoms with Crippen LogP contribution in [0, 0.1) is 0 Å². The second-order valence-electron chi connectivity index (χ2n) is 9.28. The van der Waals surface area contributed by atoms with Gasteiger partial charge in [-0.15, -0.1) is 0 Å². The molecule has 0 aliphatic rings. The third-order valence-corrected chi connectivity index (χ3v) is 6.49. The first kappa shape index (κ1) is 26.2. The molecule has 0 spiro atoms. The molecule has 2 nitrogen and oxygen atoms in total. The highest BCUT2D eigenvalue weighted by atomic mass is 16.4. The predicted octanol–water partition coefficient (Wildman–Crippen LogP) is 9.47. The van der Waals surface area contributed by atoms with Crippen LogP contribution in [-0.4, -0.2) is 11.1 Å². The lowest BCUT2D eigenvalue weighted by Gasteiger charge is -2.06. The van der Waals surface area contributed by atoms with Gasteiger partial charge in [0, 0.05) is 0 Å². The van der Waals surface area contributed by atoms with Crippen molar-refractivity contribution in [1.82, 2.24) is 0 Å². The number of hydrogen-bond donors (Lipinski definition) is 1. The molecule has 0 saturated carbocycles. The first-order chi connectivity index (χ1) is 15.7. The minimum Gasteiger partial charge on any atom is -0.478 e. The molecule has 0 aromatic heterocycles. The number of carboxylic acid groups (broad SMARTS) is 1. The highest BCUT2D eigenvalue weighted by molar-refractivity contribution is 5.88. The molecule has 0 saturated heterocycles. The molecule has 2 aromatic carbocycles. The van der Waals surface area contributed by atoms with E-state index >= 15 is 0 Å². The van der Waals surface area contributed by atoms with Crippen LogP contribution in [0.1, 0.15) is 119 Å². The number of rotatable bonds is 18. The number of aromatic carboxylic acids is 1. The molecule has 0 amide bonds. The SMILES string of the molecule is CCCCCCCCCCCCCCCCCc1ccc(-c2ccc(C(=O)O)cc2)cc1. The average Bonchev–Trinajstić information content (AvgIpc) is 2.82. The van der Waals surface area contributed by atoms with Gasteiger partial charge in [0.2, 0.25) is 0 Å². The summed E-state index contributed by atoms with van der Waals surface area (Å²) < 4.78 is 0. The molecule has 176 valence electrons. The lowest BCUT2D eigenvalue weighted by Crippen LogP contribution is -1.95. The van der Waals surface area contributed by atoms with E-state index < -0.39 is 5.97 Å². The van der Waals surface area contributed by atoms with E-state index in [1.807, 2.05) is 12.1 Å². The van der Waals surface area contributed by atoms with Gasteiger partial charge in [-0.25, -0.2) is 4.79 Å². The van der Waals surface area contributed by atoms with E-state index in [9.17, 15) is 4.79 Å². The summed E-state index contributed by atoms with van der Waals surface area (Å²) in [7, 11) is 0. The van der Waals surface area contributed by atoms with Crippen LogP contribution in [-0.2, 0) is 6.42 Å². The van der Waals surface area contributed by atoms with Crippen LogP contribution in [0.5, 0.6) is 0 Å². The van der Waals surface area contributed by atoms with Crippen molar-refractivity contribution in [3.63, 3.8) is 0 Å². The fourth-order valence-electron chi connectivity index (χ4n) is 4.37. The zero-order valence-electron chi connectivity index (χ0n) is 20.3. The Kier molecular flexibility index (Phi) is 13.5. The lowest BCUT2D eigenvalue weighted by atomic mass is 10.00. The molecule has 0 bridgehead atoms. The summed E-state index contributed by atoms with van der Waals surface area (Å²) in [4.78, 5) is 11.0. The van der Waals surface area contributed by atoms with Crippen LogP contribution < -0.4 is 0 Å². The quantitative estimate of drug-likeness (QED) is 0.236. The van der Waals surface area contributed by atoms with Crippen LogP contribution in [0.2, 0.25) is 0 Å². The Morgan fingerprint density at radius 1 is 0.562 bits per heavy atom. The van der Waals surface area contributed by atoms with E-state index in [4.69, 9.17) is 5.11 Å². The van der Waals surface area contributed by atoms with Crippen LogP contribution in [0.15, 0.2) is 48.5 Å². The van der Waals surface area contributed by atoms with Gasteiger partial charge in [-0.3, -0.25) is 0 Å². The van der Waals surface area contributed by atoms with Crippen LogP contribution in [0.3, 0.4) is 0 Å². The van der Waals surface area contributed by atoms with E-state index in [1.165, 1.54) is 102 Å². The summed E-state index contributed by atoms with van der Waals surface area (Å²) >= 11 is 0. The molecule has 0 atom stereocenters. The summed E-state index contributed by atoms with van der Waals surface area (Å²) in [6.07, 6.45) is 22.2. The first-order valence-corrected chi connectivity index (χ1v) is 13.1. The minimum absolute atomic E-state index is 0.332. The van der Waals surface area contributed by atoms with Crippen molar-refractivity contribution in [2.24, 2.45) is 0 Å². The van der Waals surface area contributed by atoms with Crippen molar-refractivity contribution in [3.05, 3.63) is 59.7 Å². The Morgan fingerprint density at radius 3 is 1.34 bits per heavy atom. The monoisotopic (exact) mass is 436 g/mol. The number of aryl methyl sites for hydroxylation is 1. The summed E-state index contributed by atoms with van der Waals surface area (Å²) in [5.74, 6) is -0.879. The number of benzene rings is 2. The van der Waals surface area contributed by atoms with Crippen molar-refractivity contribution in [2.75, 3.05) is 0 Å². The average molecular weight is 437 g/mol. The molecule has 32 heavy (non-hydrogen) atoms. The summed E-state index contributed by atoms with van der Waals surface area (Å²) in [6, 6.07) is 15.8. The number of carbonyl (C=O) groups is 1. The van der Waals surface area contributed by atoms with E-state index in [0.29, 0.717) is 5.56 Å². The van der Waals surface area contributed by atoms with Crippen molar-refractivity contribution < 1.29 is 9.90 Å². The molecule has 0 heterocycles. The Balaban J connectivity index is 1.46. The van der Waals surface area contributed by atoms with Gasteiger partial charge in [0.25, 0.3) is 0 Å². The normalized spacial score (nSPS) is 11.0. The maximum absolute atomic E-state index is 11.0. The molecular weight excluding hydrogens is 392 g/mol. The third kappa shape index (κ3) is 11.0. The standard InChI is InChI=1S/C30H44O2/c1-2-3-4-5-6-7-8-9-10-11-12-13-14-15-16-17-26-18-20-27(21-19-26)28-22-24-29(25-23-28)30(31)32/h18-25H,2-17H2,1H3,(H,31,32). The molecule has 0 aliphatic heterocycles. The van der Waals surface area contributed by atoms with Gasteiger partial charge in [-0.1, -0.05) is 133 Å². The largest absolute Gasteiger partial charge is 0.478 e.